The zero-order valence-corrected chi connectivity index (χ0v) is 10.3. The lowest BCUT2D eigenvalue weighted by molar-refractivity contribution is -0.161. The molecule has 0 aliphatic carbocycles. The molecule has 0 aromatic heterocycles. The molecule has 0 saturated carbocycles. The number of halogens is 3. The van der Waals surface area contributed by atoms with Crippen molar-refractivity contribution >= 4 is 17.8 Å². The second-order valence-electron chi connectivity index (χ2n) is 3.77. The minimum absolute atomic E-state index is 0.224. The SMILES string of the molecule is CN(C)C(=O)CN(CC(F)(F)F)C(=O)/C=C/C(=O)O. The Kier molecular flexibility index (Phi) is 6.03. The summed E-state index contributed by atoms with van der Waals surface area (Å²) in [6, 6.07) is 0. The molecule has 0 fully saturated rings. The van der Waals surface area contributed by atoms with E-state index in [0.717, 1.165) is 4.90 Å². The minimum Gasteiger partial charge on any atom is -0.478 e. The summed E-state index contributed by atoms with van der Waals surface area (Å²) >= 11 is 0. The summed E-state index contributed by atoms with van der Waals surface area (Å²) in [6.07, 6.45) is -3.80. The van der Waals surface area contributed by atoms with Crippen LogP contribution in [0.4, 0.5) is 13.2 Å². The number of nitrogens with zero attached hydrogens (tertiary/aromatic N) is 2. The van der Waals surface area contributed by atoms with Crippen LogP contribution < -0.4 is 0 Å². The monoisotopic (exact) mass is 282 g/mol. The Balaban J connectivity index is 4.90. The van der Waals surface area contributed by atoms with Crippen LogP contribution in [0, 0.1) is 0 Å². The van der Waals surface area contributed by atoms with Crippen molar-refractivity contribution in [2.75, 3.05) is 27.2 Å². The molecule has 0 rings (SSSR count). The van der Waals surface area contributed by atoms with Crippen molar-refractivity contribution in [3.05, 3.63) is 12.2 Å². The summed E-state index contributed by atoms with van der Waals surface area (Å²) in [5.41, 5.74) is 0. The maximum absolute atomic E-state index is 12.3. The molecule has 0 aliphatic heterocycles. The third kappa shape index (κ3) is 7.79. The zero-order valence-electron chi connectivity index (χ0n) is 10.3. The fourth-order valence-corrected chi connectivity index (χ4v) is 0.981. The predicted molar refractivity (Wildman–Crippen MR) is 58.1 cm³/mol. The number of likely N-dealkylation sites (N-methyl/N-ethyl adjacent to an activating group) is 1. The van der Waals surface area contributed by atoms with Gasteiger partial charge in [0.25, 0.3) is 0 Å². The first-order valence-electron chi connectivity index (χ1n) is 4.99. The Bertz CT molecular complexity index is 391. The summed E-state index contributed by atoms with van der Waals surface area (Å²) in [4.78, 5) is 34.1. The van der Waals surface area contributed by atoms with Gasteiger partial charge >= 0.3 is 12.1 Å². The smallest absolute Gasteiger partial charge is 0.406 e. The van der Waals surface area contributed by atoms with Crippen LogP contribution in [0.5, 0.6) is 0 Å². The van der Waals surface area contributed by atoms with Crippen molar-refractivity contribution in [1.82, 2.24) is 9.80 Å². The fraction of sp³-hybridized carbons (Fsp3) is 0.500. The lowest BCUT2D eigenvalue weighted by Gasteiger charge is -2.23. The lowest BCUT2D eigenvalue weighted by atomic mass is 10.3. The van der Waals surface area contributed by atoms with E-state index in [0.29, 0.717) is 12.2 Å². The van der Waals surface area contributed by atoms with Crippen LogP contribution in [0.3, 0.4) is 0 Å². The lowest BCUT2D eigenvalue weighted by Crippen LogP contribution is -2.44. The summed E-state index contributed by atoms with van der Waals surface area (Å²) in [6.45, 7) is -2.41. The average molecular weight is 282 g/mol. The molecule has 0 aliphatic rings. The van der Waals surface area contributed by atoms with Crippen LogP contribution >= 0.6 is 0 Å². The Morgan fingerprint density at radius 3 is 2.05 bits per heavy atom. The number of hydrogen-bond donors (Lipinski definition) is 1. The zero-order chi connectivity index (χ0) is 15.2. The maximum Gasteiger partial charge on any atom is 0.406 e. The summed E-state index contributed by atoms with van der Waals surface area (Å²) in [5.74, 6) is -3.38. The van der Waals surface area contributed by atoms with E-state index < -0.39 is 37.0 Å². The van der Waals surface area contributed by atoms with Crippen LogP contribution in [0.2, 0.25) is 0 Å². The number of carbonyl (C=O) groups excluding carboxylic acids is 2. The first kappa shape index (κ1) is 16.9. The van der Waals surface area contributed by atoms with Crippen molar-refractivity contribution in [3.63, 3.8) is 0 Å². The van der Waals surface area contributed by atoms with Gasteiger partial charge < -0.3 is 14.9 Å². The largest absolute Gasteiger partial charge is 0.478 e. The van der Waals surface area contributed by atoms with E-state index in [-0.39, 0.29) is 4.90 Å². The number of amides is 2. The molecule has 0 unspecified atom stereocenters. The van der Waals surface area contributed by atoms with Crippen molar-refractivity contribution in [1.29, 1.82) is 0 Å². The van der Waals surface area contributed by atoms with Gasteiger partial charge in [0, 0.05) is 26.2 Å². The number of carboxylic acids is 1. The van der Waals surface area contributed by atoms with E-state index in [9.17, 15) is 27.6 Å². The van der Waals surface area contributed by atoms with Gasteiger partial charge in [-0.25, -0.2) is 4.79 Å². The second kappa shape index (κ2) is 6.76. The standard InChI is InChI=1S/C10H13F3N2O4/c1-14(2)8(17)5-15(6-10(11,12)13)7(16)3-4-9(18)19/h3-4H,5-6H2,1-2H3,(H,18,19)/b4-3+. The van der Waals surface area contributed by atoms with Crippen LogP contribution in [0.15, 0.2) is 12.2 Å². The van der Waals surface area contributed by atoms with Crippen LogP contribution in [0.25, 0.3) is 0 Å². The first-order chi connectivity index (χ1) is 8.53. The van der Waals surface area contributed by atoms with Gasteiger partial charge in [0.05, 0.1) is 0 Å². The Morgan fingerprint density at radius 1 is 1.16 bits per heavy atom. The highest BCUT2D eigenvalue weighted by molar-refractivity contribution is 5.95. The van der Waals surface area contributed by atoms with Crippen LogP contribution in [0.1, 0.15) is 0 Å². The van der Waals surface area contributed by atoms with E-state index in [1.165, 1.54) is 14.1 Å². The molecule has 6 nitrogen and oxygen atoms in total. The van der Waals surface area contributed by atoms with E-state index in [4.69, 9.17) is 5.11 Å². The van der Waals surface area contributed by atoms with E-state index in [1.807, 2.05) is 0 Å². The number of hydrogen-bond acceptors (Lipinski definition) is 3. The van der Waals surface area contributed by atoms with Crippen molar-refractivity contribution in [2.45, 2.75) is 6.18 Å². The van der Waals surface area contributed by atoms with Crippen LogP contribution in [-0.4, -0.2) is 66.1 Å². The number of carbonyl (C=O) groups is 3. The molecule has 0 spiro atoms. The normalized spacial score (nSPS) is 11.4. The minimum atomic E-state index is -4.68. The van der Waals surface area contributed by atoms with Gasteiger partial charge in [0.2, 0.25) is 11.8 Å². The molecule has 1 N–H and O–H groups in total. The number of aliphatic carboxylic acids is 1. The summed E-state index contributed by atoms with van der Waals surface area (Å²) in [5, 5.41) is 8.29. The highest BCUT2D eigenvalue weighted by atomic mass is 19.4. The van der Waals surface area contributed by atoms with Gasteiger partial charge in [-0.3, -0.25) is 9.59 Å². The van der Waals surface area contributed by atoms with Crippen molar-refractivity contribution in [2.24, 2.45) is 0 Å². The first-order valence-corrected chi connectivity index (χ1v) is 4.99. The van der Waals surface area contributed by atoms with E-state index in [2.05, 4.69) is 0 Å². The van der Waals surface area contributed by atoms with Crippen molar-refractivity contribution in [3.8, 4) is 0 Å². The summed E-state index contributed by atoms with van der Waals surface area (Å²) in [7, 11) is 2.65. The van der Waals surface area contributed by atoms with Gasteiger partial charge in [-0.15, -0.1) is 0 Å². The molecule has 2 amide bonds. The second-order valence-corrected chi connectivity index (χ2v) is 3.77. The maximum atomic E-state index is 12.3. The predicted octanol–water partition coefficient (Wildman–Crippen LogP) is 0.106. The highest BCUT2D eigenvalue weighted by Crippen LogP contribution is 2.16. The molecule has 0 aromatic rings. The highest BCUT2D eigenvalue weighted by Gasteiger charge is 2.33. The molecular weight excluding hydrogens is 269 g/mol. The average Bonchev–Trinajstić information content (AvgIpc) is 2.22. The van der Waals surface area contributed by atoms with Crippen LogP contribution in [-0.2, 0) is 14.4 Å². The van der Waals surface area contributed by atoms with Gasteiger partial charge in [-0.2, -0.15) is 13.2 Å². The van der Waals surface area contributed by atoms with Gasteiger partial charge in [0.15, 0.2) is 0 Å². The number of alkyl halides is 3. The number of carboxylic acid groups (broad SMARTS) is 1. The molecule has 9 heteroatoms. The molecular formula is C10H13F3N2O4. The molecule has 0 bridgehead atoms. The van der Waals surface area contributed by atoms with Gasteiger partial charge in [-0.05, 0) is 0 Å². The molecule has 0 aromatic carbocycles. The summed E-state index contributed by atoms with van der Waals surface area (Å²) < 4.78 is 36.8. The van der Waals surface area contributed by atoms with E-state index in [1.54, 1.807) is 0 Å². The molecule has 108 valence electrons. The van der Waals surface area contributed by atoms with Gasteiger partial charge in [-0.1, -0.05) is 0 Å². The molecule has 0 radical (unpaired) electrons. The Morgan fingerprint density at radius 2 is 1.68 bits per heavy atom. The quantitative estimate of drug-likeness (QED) is 0.726. The molecule has 19 heavy (non-hydrogen) atoms. The van der Waals surface area contributed by atoms with Crippen molar-refractivity contribution < 1.29 is 32.7 Å². The molecule has 0 atom stereocenters. The number of rotatable bonds is 5. The third-order valence-corrected chi connectivity index (χ3v) is 1.88. The topological polar surface area (TPSA) is 77.9 Å². The van der Waals surface area contributed by atoms with Gasteiger partial charge in [0.1, 0.15) is 13.1 Å². The Labute approximate surface area is 107 Å². The fourth-order valence-electron chi connectivity index (χ4n) is 0.981. The Hall–Kier alpha value is -2.06. The molecule has 0 saturated heterocycles. The molecule has 0 heterocycles. The van der Waals surface area contributed by atoms with E-state index >= 15 is 0 Å². The third-order valence-electron chi connectivity index (χ3n) is 1.88.